The van der Waals surface area contributed by atoms with Crippen LogP contribution in [-0.2, 0) is 6.54 Å². The third-order valence-electron chi connectivity index (χ3n) is 1.84. The number of hydrogen-bond donors (Lipinski definition) is 2. The topological polar surface area (TPSA) is 54.7 Å². The predicted octanol–water partition coefficient (Wildman–Crippen LogP) is 1.67. The zero-order valence-electron chi connectivity index (χ0n) is 6.34. The van der Waals surface area contributed by atoms with E-state index in [0.717, 1.165) is 16.5 Å². The van der Waals surface area contributed by atoms with E-state index >= 15 is 0 Å². The number of halogens is 1. The first-order chi connectivity index (χ1) is 5.83. The molecule has 4 heteroatoms. The Morgan fingerprint density at radius 2 is 2.33 bits per heavy atom. The summed E-state index contributed by atoms with van der Waals surface area (Å²) in [5.41, 5.74) is 7.43. The maximum Gasteiger partial charge on any atom is 0.132 e. The quantitative estimate of drug-likeness (QED) is 0.703. The van der Waals surface area contributed by atoms with Crippen LogP contribution in [0.3, 0.4) is 0 Å². The summed E-state index contributed by atoms with van der Waals surface area (Å²) in [6.45, 7) is 0.483. The van der Waals surface area contributed by atoms with Crippen molar-refractivity contribution >= 4 is 22.5 Å². The Kier molecular flexibility index (Phi) is 1.75. The number of H-pyrrole nitrogens is 1. The van der Waals surface area contributed by atoms with Crippen molar-refractivity contribution in [3.8, 4) is 0 Å². The molecular weight excluding hydrogens is 174 g/mol. The highest BCUT2D eigenvalue weighted by Gasteiger charge is 2.05. The summed E-state index contributed by atoms with van der Waals surface area (Å²) in [6.07, 6.45) is 0. The normalized spacial score (nSPS) is 10.8. The minimum absolute atomic E-state index is 0.483. The number of rotatable bonds is 1. The summed E-state index contributed by atoms with van der Waals surface area (Å²) in [5, 5.41) is 8.22. The number of benzene rings is 1. The largest absolute Gasteiger partial charge is 0.326 e. The van der Waals surface area contributed by atoms with Gasteiger partial charge in [-0.2, -0.15) is 5.10 Å². The van der Waals surface area contributed by atoms with E-state index in [4.69, 9.17) is 17.3 Å². The molecule has 0 radical (unpaired) electrons. The number of nitrogens with two attached hydrogens (primary N) is 1. The average molecular weight is 182 g/mol. The van der Waals surface area contributed by atoms with Gasteiger partial charge in [0.2, 0.25) is 0 Å². The number of nitrogens with one attached hydrogen (secondary N) is 1. The molecule has 0 saturated carbocycles. The number of aromatic amines is 1. The smallest absolute Gasteiger partial charge is 0.132 e. The van der Waals surface area contributed by atoms with E-state index in [1.807, 2.05) is 18.2 Å². The van der Waals surface area contributed by atoms with Crippen molar-refractivity contribution in [3.05, 3.63) is 28.9 Å². The van der Waals surface area contributed by atoms with Gasteiger partial charge in [0.05, 0.1) is 5.52 Å². The first-order valence-electron chi connectivity index (χ1n) is 3.64. The second-order valence-corrected chi connectivity index (χ2v) is 2.93. The molecule has 0 aliphatic rings. The van der Waals surface area contributed by atoms with Crippen molar-refractivity contribution < 1.29 is 0 Å². The van der Waals surface area contributed by atoms with Crippen LogP contribution in [0.5, 0.6) is 0 Å². The van der Waals surface area contributed by atoms with E-state index in [1.54, 1.807) is 0 Å². The van der Waals surface area contributed by atoms with Crippen molar-refractivity contribution in [1.82, 2.24) is 10.2 Å². The van der Waals surface area contributed by atoms with Gasteiger partial charge in [0, 0.05) is 11.9 Å². The van der Waals surface area contributed by atoms with Gasteiger partial charge in [-0.05, 0) is 11.6 Å². The summed E-state index contributed by atoms with van der Waals surface area (Å²) < 4.78 is 0. The molecule has 2 rings (SSSR count). The molecule has 0 aliphatic heterocycles. The van der Waals surface area contributed by atoms with Gasteiger partial charge in [-0.25, -0.2) is 0 Å². The van der Waals surface area contributed by atoms with Crippen molar-refractivity contribution in [2.75, 3.05) is 0 Å². The van der Waals surface area contributed by atoms with E-state index in [2.05, 4.69) is 10.2 Å². The average Bonchev–Trinajstić information content (AvgIpc) is 2.48. The molecule has 1 heterocycles. The summed E-state index contributed by atoms with van der Waals surface area (Å²) in [6, 6.07) is 5.77. The molecule has 0 aliphatic carbocycles. The van der Waals surface area contributed by atoms with Crippen LogP contribution in [0.1, 0.15) is 5.56 Å². The van der Waals surface area contributed by atoms with Gasteiger partial charge in [-0.15, -0.1) is 0 Å². The molecule has 3 N–H and O–H groups in total. The molecule has 2 aromatic rings. The standard InChI is InChI=1S/C8H8ClN3/c9-8-7-5(4-10)2-1-3-6(7)11-12-8/h1-3H,4,10H2,(H,11,12). The fourth-order valence-corrected chi connectivity index (χ4v) is 1.53. The Bertz CT molecular complexity index is 408. The van der Waals surface area contributed by atoms with E-state index in [0.29, 0.717) is 11.7 Å². The summed E-state index contributed by atoms with van der Waals surface area (Å²) in [4.78, 5) is 0. The zero-order valence-corrected chi connectivity index (χ0v) is 7.10. The van der Waals surface area contributed by atoms with Gasteiger partial charge in [-0.3, -0.25) is 5.10 Å². The van der Waals surface area contributed by atoms with E-state index in [1.165, 1.54) is 0 Å². The molecule has 0 amide bonds. The van der Waals surface area contributed by atoms with Crippen LogP contribution in [0.4, 0.5) is 0 Å². The molecule has 12 heavy (non-hydrogen) atoms. The number of hydrogen-bond acceptors (Lipinski definition) is 2. The Morgan fingerprint density at radius 3 is 3.08 bits per heavy atom. The molecule has 3 nitrogen and oxygen atoms in total. The highest BCUT2D eigenvalue weighted by molar-refractivity contribution is 6.34. The Labute approximate surface area is 74.5 Å². The minimum atomic E-state index is 0.483. The Hall–Kier alpha value is -1.06. The highest BCUT2D eigenvalue weighted by Crippen LogP contribution is 2.23. The molecule has 0 saturated heterocycles. The fraction of sp³-hybridized carbons (Fsp3) is 0.125. The third-order valence-corrected chi connectivity index (χ3v) is 2.12. The number of nitrogens with zero attached hydrogens (tertiary/aromatic N) is 1. The highest BCUT2D eigenvalue weighted by atomic mass is 35.5. The fourth-order valence-electron chi connectivity index (χ4n) is 1.27. The molecule has 0 fully saturated rings. The van der Waals surface area contributed by atoms with Crippen LogP contribution in [0, 0.1) is 0 Å². The second kappa shape index (κ2) is 2.77. The lowest BCUT2D eigenvalue weighted by molar-refractivity contribution is 1.09. The SMILES string of the molecule is NCc1cccc2n[nH]c(Cl)c12. The lowest BCUT2D eigenvalue weighted by atomic mass is 10.1. The summed E-state index contributed by atoms with van der Waals surface area (Å²) >= 11 is 5.88. The molecule has 0 unspecified atom stereocenters. The first-order valence-corrected chi connectivity index (χ1v) is 4.02. The van der Waals surface area contributed by atoms with Gasteiger partial charge in [0.15, 0.2) is 0 Å². The van der Waals surface area contributed by atoms with Gasteiger partial charge >= 0.3 is 0 Å². The lowest BCUT2D eigenvalue weighted by Gasteiger charge is -1.96. The van der Waals surface area contributed by atoms with Crippen molar-refractivity contribution in [2.24, 2.45) is 5.73 Å². The van der Waals surface area contributed by atoms with E-state index in [9.17, 15) is 0 Å². The molecular formula is C8H8ClN3. The van der Waals surface area contributed by atoms with Crippen molar-refractivity contribution in [3.63, 3.8) is 0 Å². The lowest BCUT2D eigenvalue weighted by Crippen LogP contribution is -1.96. The van der Waals surface area contributed by atoms with Crippen molar-refractivity contribution in [1.29, 1.82) is 0 Å². The van der Waals surface area contributed by atoms with E-state index in [-0.39, 0.29) is 0 Å². The van der Waals surface area contributed by atoms with Crippen LogP contribution in [0.2, 0.25) is 5.15 Å². The molecule has 0 spiro atoms. The third kappa shape index (κ3) is 0.983. The molecule has 62 valence electrons. The number of aromatic nitrogens is 2. The van der Waals surface area contributed by atoms with Gasteiger partial charge in [0.25, 0.3) is 0 Å². The van der Waals surface area contributed by atoms with Crippen LogP contribution in [0.15, 0.2) is 18.2 Å². The molecule has 0 atom stereocenters. The van der Waals surface area contributed by atoms with E-state index < -0.39 is 0 Å². The van der Waals surface area contributed by atoms with Crippen molar-refractivity contribution in [2.45, 2.75) is 6.54 Å². The maximum absolute atomic E-state index is 5.88. The molecule has 1 aromatic carbocycles. The zero-order chi connectivity index (χ0) is 8.55. The Balaban J connectivity index is 2.84. The van der Waals surface area contributed by atoms with Crippen LogP contribution < -0.4 is 5.73 Å². The van der Waals surface area contributed by atoms with Gasteiger partial charge in [-0.1, -0.05) is 23.7 Å². The maximum atomic E-state index is 5.88. The van der Waals surface area contributed by atoms with Crippen LogP contribution in [-0.4, -0.2) is 10.2 Å². The van der Waals surface area contributed by atoms with Gasteiger partial charge < -0.3 is 5.73 Å². The monoisotopic (exact) mass is 181 g/mol. The van der Waals surface area contributed by atoms with Crippen LogP contribution in [0.25, 0.3) is 10.9 Å². The molecule has 1 aromatic heterocycles. The summed E-state index contributed by atoms with van der Waals surface area (Å²) in [5.74, 6) is 0. The Morgan fingerprint density at radius 1 is 1.50 bits per heavy atom. The second-order valence-electron chi connectivity index (χ2n) is 2.55. The predicted molar refractivity (Wildman–Crippen MR) is 49.0 cm³/mol. The first kappa shape index (κ1) is 7.58. The molecule has 0 bridgehead atoms. The summed E-state index contributed by atoms with van der Waals surface area (Å²) in [7, 11) is 0. The minimum Gasteiger partial charge on any atom is -0.326 e. The number of fused-ring (bicyclic) bond motifs is 1. The van der Waals surface area contributed by atoms with Crippen LogP contribution >= 0.6 is 11.6 Å². The van der Waals surface area contributed by atoms with Gasteiger partial charge in [0.1, 0.15) is 5.15 Å².